The van der Waals surface area contributed by atoms with Crippen molar-refractivity contribution in [3.8, 4) is 0 Å². The van der Waals surface area contributed by atoms with E-state index >= 15 is 0 Å². The molecule has 1 fully saturated rings. The number of amides is 2. The zero-order chi connectivity index (χ0) is 17.1. The molecule has 1 saturated heterocycles. The Kier molecular flexibility index (Phi) is 4.86. The Morgan fingerprint density at radius 2 is 2.12 bits per heavy atom. The molecule has 126 valence electrons. The van der Waals surface area contributed by atoms with Gasteiger partial charge in [0.15, 0.2) is 0 Å². The van der Waals surface area contributed by atoms with Crippen LogP contribution in [0.5, 0.6) is 0 Å². The van der Waals surface area contributed by atoms with Crippen LogP contribution in [-0.4, -0.2) is 41.1 Å². The van der Waals surface area contributed by atoms with E-state index in [1.807, 2.05) is 30.3 Å². The number of hydrogen-bond acceptors (Lipinski definition) is 6. The summed E-state index contributed by atoms with van der Waals surface area (Å²) in [5.41, 5.74) is 0.948. The summed E-state index contributed by atoms with van der Waals surface area (Å²) in [5.74, 6) is -0.720. The Bertz CT molecular complexity index is 734. The summed E-state index contributed by atoms with van der Waals surface area (Å²) < 4.78 is 4.99. The molecule has 2 amide bonds. The van der Waals surface area contributed by atoms with Crippen LogP contribution in [0.2, 0.25) is 0 Å². The predicted molar refractivity (Wildman–Crippen MR) is 89.3 cm³/mol. The van der Waals surface area contributed by atoms with Gasteiger partial charge < -0.3 is 15.0 Å². The molecular formula is C16H18N4O3S. The van der Waals surface area contributed by atoms with Crippen molar-refractivity contribution in [3.63, 3.8) is 0 Å². The highest BCUT2D eigenvalue weighted by Crippen LogP contribution is 2.37. The second-order valence-electron chi connectivity index (χ2n) is 5.59. The largest absolute Gasteiger partial charge is 0.377 e. The first-order valence-corrected chi connectivity index (χ1v) is 8.34. The molecule has 0 aliphatic carbocycles. The van der Waals surface area contributed by atoms with Crippen molar-refractivity contribution >= 4 is 28.3 Å². The SMILES string of the molecule is COCc1nnc(NC(=O)[C@H]2CC(=O)N(C)[C@H]2c2ccccc2)s1. The van der Waals surface area contributed by atoms with Crippen LogP contribution < -0.4 is 5.32 Å². The Morgan fingerprint density at radius 1 is 1.38 bits per heavy atom. The zero-order valence-corrected chi connectivity index (χ0v) is 14.2. The van der Waals surface area contributed by atoms with Gasteiger partial charge in [-0.2, -0.15) is 0 Å². The van der Waals surface area contributed by atoms with Gasteiger partial charge in [0.2, 0.25) is 16.9 Å². The monoisotopic (exact) mass is 346 g/mol. The van der Waals surface area contributed by atoms with Crippen LogP contribution in [0, 0.1) is 5.92 Å². The number of ether oxygens (including phenoxy) is 1. The lowest BCUT2D eigenvalue weighted by molar-refractivity contribution is -0.127. The highest BCUT2D eigenvalue weighted by atomic mass is 32.1. The Morgan fingerprint density at radius 3 is 2.83 bits per heavy atom. The molecule has 0 bridgehead atoms. The van der Waals surface area contributed by atoms with Gasteiger partial charge in [-0.05, 0) is 5.56 Å². The third-order valence-corrected chi connectivity index (χ3v) is 4.84. The quantitative estimate of drug-likeness (QED) is 0.893. The van der Waals surface area contributed by atoms with Crippen molar-refractivity contribution in [2.75, 3.05) is 19.5 Å². The van der Waals surface area contributed by atoms with E-state index in [0.29, 0.717) is 16.7 Å². The minimum absolute atomic E-state index is 0.0404. The van der Waals surface area contributed by atoms with Crippen LogP contribution in [0.15, 0.2) is 30.3 Å². The van der Waals surface area contributed by atoms with Crippen molar-refractivity contribution in [2.24, 2.45) is 5.92 Å². The van der Waals surface area contributed by atoms with Crippen LogP contribution in [-0.2, 0) is 20.9 Å². The summed E-state index contributed by atoms with van der Waals surface area (Å²) in [4.78, 5) is 26.4. The van der Waals surface area contributed by atoms with Crippen molar-refractivity contribution in [3.05, 3.63) is 40.9 Å². The van der Waals surface area contributed by atoms with E-state index in [0.717, 1.165) is 5.56 Å². The van der Waals surface area contributed by atoms with Gasteiger partial charge >= 0.3 is 0 Å². The second-order valence-corrected chi connectivity index (χ2v) is 6.66. The molecule has 2 heterocycles. The smallest absolute Gasteiger partial charge is 0.232 e. The number of methoxy groups -OCH3 is 1. The maximum atomic E-state index is 12.7. The van der Waals surface area contributed by atoms with Crippen LogP contribution in [0.3, 0.4) is 0 Å². The van der Waals surface area contributed by atoms with Gasteiger partial charge in [0.25, 0.3) is 0 Å². The second kappa shape index (κ2) is 7.06. The minimum Gasteiger partial charge on any atom is -0.377 e. The standard InChI is InChI=1S/C16H18N4O3S/c1-20-13(21)8-11(14(20)10-6-4-3-5-7-10)15(22)17-16-19-18-12(24-16)9-23-2/h3-7,11,14H,8-9H2,1-2H3,(H,17,19,22)/t11-,14-/m0/s1. The first-order valence-electron chi connectivity index (χ1n) is 7.53. The number of nitrogens with zero attached hydrogens (tertiary/aromatic N) is 3. The number of aromatic nitrogens is 2. The summed E-state index contributed by atoms with van der Waals surface area (Å²) in [7, 11) is 3.30. The number of anilines is 1. The number of rotatable bonds is 5. The van der Waals surface area contributed by atoms with Crippen molar-refractivity contribution < 1.29 is 14.3 Å². The van der Waals surface area contributed by atoms with Gasteiger partial charge in [-0.25, -0.2) is 0 Å². The van der Waals surface area contributed by atoms with E-state index in [9.17, 15) is 9.59 Å². The molecule has 24 heavy (non-hydrogen) atoms. The highest BCUT2D eigenvalue weighted by Gasteiger charge is 2.42. The summed E-state index contributed by atoms with van der Waals surface area (Å²) in [6, 6.07) is 9.31. The molecule has 1 aromatic carbocycles. The van der Waals surface area contributed by atoms with Gasteiger partial charge in [-0.3, -0.25) is 9.59 Å². The topological polar surface area (TPSA) is 84.4 Å². The van der Waals surface area contributed by atoms with E-state index < -0.39 is 5.92 Å². The molecule has 1 N–H and O–H groups in total. The van der Waals surface area contributed by atoms with Gasteiger partial charge in [0, 0.05) is 20.6 Å². The molecule has 0 saturated carbocycles. The molecule has 0 unspecified atom stereocenters. The molecule has 0 spiro atoms. The van der Waals surface area contributed by atoms with Gasteiger partial charge in [-0.15, -0.1) is 10.2 Å². The molecular weight excluding hydrogens is 328 g/mol. The zero-order valence-electron chi connectivity index (χ0n) is 13.4. The Balaban J connectivity index is 1.78. The maximum Gasteiger partial charge on any atom is 0.232 e. The number of hydrogen-bond donors (Lipinski definition) is 1. The third kappa shape index (κ3) is 3.29. The lowest BCUT2D eigenvalue weighted by atomic mass is 9.93. The lowest BCUT2D eigenvalue weighted by Crippen LogP contribution is -2.29. The average molecular weight is 346 g/mol. The first-order chi connectivity index (χ1) is 11.6. The minimum atomic E-state index is -0.459. The summed E-state index contributed by atoms with van der Waals surface area (Å²) in [5, 5.41) is 11.8. The Hall–Kier alpha value is -2.32. The molecule has 1 aliphatic rings. The van der Waals surface area contributed by atoms with Gasteiger partial charge in [0.05, 0.1) is 12.0 Å². The highest BCUT2D eigenvalue weighted by molar-refractivity contribution is 7.15. The fourth-order valence-electron chi connectivity index (χ4n) is 2.90. The predicted octanol–water partition coefficient (Wildman–Crippen LogP) is 1.84. The van der Waals surface area contributed by atoms with E-state index in [-0.39, 0.29) is 24.3 Å². The first kappa shape index (κ1) is 16.5. The molecule has 3 rings (SSSR count). The Labute approximate surface area is 143 Å². The van der Waals surface area contributed by atoms with Crippen LogP contribution in [0.1, 0.15) is 23.0 Å². The number of benzene rings is 1. The van der Waals surface area contributed by atoms with Crippen LogP contribution in [0.25, 0.3) is 0 Å². The fraction of sp³-hybridized carbons (Fsp3) is 0.375. The average Bonchev–Trinajstić information content (AvgIpc) is 3.14. The third-order valence-electron chi connectivity index (χ3n) is 4.03. The van der Waals surface area contributed by atoms with Crippen LogP contribution >= 0.6 is 11.3 Å². The summed E-state index contributed by atoms with van der Waals surface area (Å²) >= 11 is 1.27. The number of carbonyl (C=O) groups excluding carboxylic acids is 2. The summed E-state index contributed by atoms with van der Waals surface area (Å²) in [6.07, 6.45) is 0.186. The van der Waals surface area contributed by atoms with Crippen molar-refractivity contribution in [1.29, 1.82) is 0 Å². The molecule has 8 heteroatoms. The fourth-order valence-corrected chi connectivity index (χ4v) is 3.61. The van der Waals surface area contributed by atoms with E-state index in [1.54, 1.807) is 19.1 Å². The number of carbonyl (C=O) groups is 2. The molecule has 1 aromatic heterocycles. The summed E-state index contributed by atoms with van der Waals surface area (Å²) in [6.45, 7) is 0.352. The number of likely N-dealkylation sites (tertiary alicyclic amines) is 1. The molecule has 2 aromatic rings. The molecule has 7 nitrogen and oxygen atoms in total. The van der Waals surface area contributed by atoms with E-state index in [2.05, 4.69) is 15.5 Å². The van der Waals surface area contributed by atoms with Gasteiger partial charge in [0.1, 0.15) is 11.6 Å². The molecule has 0 radical (unpaired) electrons. The van der Waals surface area contributed by atoms with Gasteiger partial charge in [-0.1, -0.05) is 41.7 Å². The number of nitrogens with one attached hydrogen (secondary N) is 1. The van der Waals surface area contributed by atoms with Crippen molar-refractivity contribution in [1.82, 2.24) is 15.1 Å². The van der Waals surface area contributed by atoms with E-state index in [1.165, 1.54) is 11.3 Å². The lowest BCUT2D eigenvalue weighted by Gasteiger charge is -2.24. The molecule has 1 aliphatic heterocycles. The normalized spacial score (nSPS) is 20.4. The maximum absolute atomic E-state index is 12.7. The van der Waals surface area contributed by atoms with Crippen molar-refractivity contribution in [2.45, 2.75) is 19.1 Å². The van der Waals surface area contributed by atoms with Crippen LogP contribution in [0.4, 0.5) is 5.13 Å². The van der Waals surface area contributed by atoms with E-state index in [4.69, 9.17) is 4.74 Å². The molecule has 2 atom stereocenters.